The first kappa shape index (κ1) is 20.8. The second kappa shape index (κ2) is 11.4. The van der Waals surface area contributed by atoms with Crippen molar-refractivity contribution in [1.82, 2.24) is 0 Å². The molecule has 0 radical (unpaired) electrons. The first-order chi connectivity index (χ1) is 9.81. The van der Waals surface area contributed by atoms with Crippen LogP contribution in [0.15, 0.2) is 12.2 Å². The second-order valence-corrected chi connectivity index (χ2v) is 11.7. The largest absolute Gasteiger partial charge is 0.417 e. The smallest absolute Gasteiger partial charge is 0.191 e. The van der Waals surface area contributed by atoms with Crippen molar-refractivity contribution in [3.8, 4) is 0 Å². The Labute approximate surface area is 133 Å². The highest BCUT2D eigenvalue weighted by molar-refractivity contribution is 6.74. The van der Waals surface area contributed by atoms with Gasteiger partial charge in [-0.1, -0.05) is 32.9 Å². The van der Waals surface area contributed by atoms with E-state index in [-0.39, 0.29) is 0 Å². The molecule has 0 aliphatic carbocycles. The molecule has 0 saturated carbocycles. The lowest BCUT2D eigenvalue weighted by Crippen LogP contribution is -2.40. The Morgan fingerprint density at radius 1 is 0.905 bits per heavy atom. The molecule has 4 heteroatoms. The fraction of sp³-hybridized carbons (Fsp3) is 0.882. The van der Waals surface area contributed by atoms with Crippen molar-refractivity contribution in [2.45, 2.75) is 65.1 Å². The zero-order chi connectivity index (χ0) is 16.2. The van der Waals surface area contributed by atoms with Gasteiger partial charge in [0.2, 0.25) is 0 Å². The summed E-state index contributed by atoms with van der Waals surface area (Å²) in [5.74, 6) is 0. The molecule has 0 N–H and O–H groups in total. The van der Waals surface area contributed by atoms with E-state index in [0.717, 1.165) is 26.1 Å². The number of unbranched alkanes of at least 4 members (excludes halogenated alkanes) is 2. The molecule has 0 amide bonds. The van der Waals surface area contributed by atoms with Crippen LogP contribution in [-0.4, -0.2) is 41.4 Å². The predicted octanol–water partition coefficient (Wildman–Crippen LogP) is 4.79. The van der Waals surface area contributed by atoms with Gasteiger partial charge in [-0.25, -0.2) is 0 Å². The molecule has 0 heterocycles. The van der Waals surface area contributed by atoms with Crippen molar-refractivity contribution in [2.75, 3.05) is 33.0 Å². The third kappa shape index (κ3) is 11.1. The molecule has 0 fully saturated rings. The molecule has 0 atom stereocenters. The molecule has 0 unspecified atom stereocenters. The minimum absolute atomic E-state index is 0.311. The van der Waals surface area contributed by atoms with Crippen molar-refractivity contribution in [2.24, 2.45) is 0 Å². The van der Waals surface area contributed by atoms with E-state index in [1.54, 1.807) is 0 Å². The summed E-state index contributed by atoms with van der Waals surface area (Å²) in [5, 5.41) is 0.311. The number of ether oxygens (including phenoxy) is 2. The lowest BCUT2D eigenvalue weighted by molar-refractivity contribution is 0.0643. The second-order valence-electron chi connectivity index (χ2n) is 6.85. The Morgan fingerprint density at radius 2 is 1.57 bits per heavy atom. The third-order valence-electron chi connectivity index (χ3n) is 3.99. The van der Waals surface area contributed by atoms with Crippen LogP contribution in [0.1, 0.15) is 47.0 Å². The maximum Gasteiger partial charge on any atom is 0.191 e. The zero-order valence-corrected chi connectivity index (χ0v) is 16.0. The van der Waals surface area contributed by atoms with Crippen molar-refractivity contribution >= 4 is 8.32 Å². The first-order valence-electron chi connectivity index (χ1n) is 8.25. The van der Waals surface area contributed by atoms with E-state index < -0.39 is 8.32 Å². The van der Waals surface area contributed by atoms with E-state index in [1.807, 2.05) is 6.92 Å². The minimum atomic E-state index is -1.55. The van der Waals surface area contributed by atoms with Crippen molar-refractivity contribution in [3.05, 3.63) is 12.2 Å². The molecular formula is C17H36O3Si. The molecule has 0 aliphatic heterocycles. The van der Waals surface area contributed by atoms with Crippen LogP contribution < -0.4 is 0 Å². The van der Waals surface area contributed by atoms with Gasteiger partial charge in [-0.15, -0.1) is 0 Å². The van der Waals surface area contributed by atoms with Gasteiger partial charge in [-0.2, -0.15) is 0 Å². The van der Waals surface area contributed by atoms with E-state index in [9.17, 15) is 0 Å². The van der Waals surface area contributed by atoms with Crippen LogP contribution in [0.2, 0.25) is 18.1 Å². The molecular weight excluding hydrogens is 280 g/mol. The van der Waals surface area contributed by atoms with Gasteiger partial charge in [-0.05, 0) is 44.3 Å². The summed E-state index contributed by atoms with van der Waals surface area (Å²) in [7, 11) is -1.55. The summed E-state index contributed by atoms with van der Waals surface area (Å²) in [4.78, 5) is 0. The maximum atomic E-state index is 6.15. The van der Waals surface area contributed by atoms with Crippen LogP contribution in [0.3, 0.4) is 0 Å². The van der Waals surface area contributed by atoms with Crippen LogP contribution in [0.4, 0.5) is 0 Å². The van der Waals surface area contributed by atoms with E-state index in [1.165, 1.54) is 6.42 Å². The standard InChI is InChI=1S/C17H36O3Si/c1-7-18-15-16-19-13-11-9-8-10-12-14-20-21(5,6)17(2,3)4/h9,11H,7-8,10,12-16H2,1-6H3/b11-9+. The third-order valence-corrected chi connectivity index (χ3v) is 8.53. The molecule has 0 saturated heterocycles. The van der Waals surface area contributed by atoms with Gasteiger partial charge in [0, 0.05) is 13.2 Å². The lowest BCUT2D eigenvalue weighted by atomic mass is 10.2. The summed E-state index contributed by atoms with van der Waals surface area (Å²) in [6.07, 6.45) is 7.73. The van der Waals surface area contributed by atoms with Crippen molar-refractivity contribution < 1.29 is 13.9 Å². The van der Waals surface area contributed by atoms with Crippen LogP contribution in [-0.2, 0) is 13.9 Å². The number of hydrogen-bond acceptors (Lipinski definition) is 3. The Morgan fingerprint density at radius 3 is 2.19 bits per heavy atom. The highest BCUT2D eigenvalue weighted by Crippen LogP contribution is 2.36. The van der Waals surface area contributed by atoms with Gasteiger partial charge < -0.3 is 13.9 Å². The highest BCUT2D eigenvalue weighted by Gasteiger charge is 2.36. The Kier molecular flexibility index (Phi) is 11.3. The monoisotopic (exact) mass is 316 g/mol. The lowest BCUT2D eigenvalue weighted by Gasteiger charge is -2.36. The van der Waals surface area contributed by atoms with E-state index in [2.05, 4.69) is 46.0 Å². The average molecular weight is 317 g/mol. The Balaban J connectivity index is 3.44. The van der Waals surface area contributed by atoms with E-state index in [0.29, 0.717) is 24.9 Å². The van der Waals surface area contributed by atoms with Gasteiger partial charge >= 0.3 is 0 Å². The Bertz CT molecular complexity index is 270. The normalized spacial score (nSPS) is 13.2. The van der Waals surface area contributed by atoms with E-state index in [4.69, 9.17) is 13.9 Å². The molecule has 0 aromatic carbocycles. The number of hydrogen-bond donors (Lipinski definition) is 0. The minimum Gasteiger partial charge on any atom is -0.417 e. The maximum absolute atomic E-state index is 6.15. The Hall–Kier alpha value is -0.163. The molecule has 0 aromatic heterocycles. The molecule has 0 spiro atoms. The van der Waals surface area contributed by atoms with Crippen LogP contribution in [0.25, 0.3) is 0 Å². The molecule has 3 nitrogen and oxygen atoms in total. The molecule has 21 heavy (non-hydrogen) atoms. The molecule has 0 bridgehead atoms. The number of rotatable bonds is 12. The van der Waals surface area contributed by atoms with Crippen LogP contribution in [0, 0.1) is 0 Å². The van der Waals surface area contributed by atoms with Crippen LogP contribution >= 0.6 is 0 Å². The summed E-state index contributed by atoms with van der Waals surface area (Å²) >= 11 is 0. The fourth-order valence-electron chi connectivity index (χ4n) is 1.51. The summed E-state index contributed by atoms with van der Waals surface area (Å²) in [6.45, 7) is 17.2. The number of allylic oxidation sites excluding steroid dienone is 1. The van der Waals surface area contributed by atoms with Gasteiger partial charge in [0.25, 0.3) is 0 Å². The summed E-state index contributed by atoms with van der Waals surface area (Å²) in [6, 6.07) is 0. The summed E-state index contributed by atoms with van der Waals surface area (Å²) in [5.41, 5.74) is 0. The topological polar surface area (TPSA) is 27.7 Å². The SMILES string of the molecule is CCOCCOC/C=C/CCCCO[Si](C)(C)C(C)(C)C. The van der Waals surface area contributed by atoms with Gasteiger partial charge in [0.1, 0.15) is 0 Å². The first-order valence-corrected chi connectivity index (χ1v) is 11.2. The van der Waals surface area contributed by atoms with E-state index >= 15 is 0 Å². The van der Waals surface area contributed by atoms with Gasteiger partial charge in [0.05, 0.1) is 19.8 Å². The quantitative estimate of drug-likeness (QED) is 0.294. The van der Waals surface area contributed by atoms with Crippen molar-refractivity contribution in [1.29, 1.82) is 0 Å². The van der Waals surface area contributed by atoms with Gasteiger partial charge in [0.15, 0.2) is 8.32 Å². The molecule has 0 rings (SSSR count). The van der Waals surface area contributed by atoms with Gasteiger partial charge in [-0.3, -0.25) is 0 Å². The molecule has 0 aliphatic rings. The van der Waals surface area contributed by atoms with Crippen LogP contribution in [0.5, 0.6) is 0 Å². The fourth-order valence-corrected chi connectivity index (χ4v) is 2.60. The molecule has 0 aromatic rings. The highest BCUT2D eigenvalue weighted by atomic mass is 28.4. The van der Waals surface area contributed by atoms with Crippen molar-refractivity contribution in [3.63, 3.8) is 0 Å². The molecule has 126 valence electrons. The average Bonchev–Trinajstić information content (AvgIpc) is 2.38. The zero-order valence-electron chi connectivity index (χ0n) is 15.0. The summed E-state index contributed by atoms with van der Waals surface area (Å²) < 4.78 is 16.8. The predicted molar refractivity (Wildman–Crippen MR) is 93.5 cm³/mol.